The van der Waals surface area contributed by atoms with E-state index in [4.69, 9.17) is 50.6 Å². The first-order valence-corrected chi connectivity index (χ1v) is 43.4. The Kier molecular flexibility index (Phi) is 45.8. The van der Waals surface area contributed by atoms with Crippen LogP contribution in [-0.2, 0) is 39.7 Å². The number of imide groups is 2. The third-order valence-corrected chi connectivity index (χ3v) is 16.9. The van der Waals surface area contributed by atoms with E-state index in [0.29, 0.717) is 47.1 Å². The van der Waals surface area contributed by atoms with Gasteiger partial charge in [-0.3, -0.25) is 34.5 Å². The van der Waals surface area contributed by atoms with Gasteiger partial charge in [0.05, 0.1) is 42.1 Å². The molecule has 7 aromatic rings. The highest BCUT2D eigenvalue weighted by Crippen LogP contribution is 2.29. The average molecular weight is 1950 g/mol. The number of esters is 3. The van der Waals surface area contributed by atoms with Crippen LogP contribution in [0.2, 0.25) is 5.15 Å². The molecule has 5 aromatic heterocycles. The van der Waals surface area contributed by atoms with Crippen molar-refractivity contribution in [1.29, 1.82) is 0 Å². The monoisotopic (exact) mass is 1950 g/mol. The lowest BCUT2D eigenvalue weighted by molar-refractivity contribution is -0.0462. The first kappa shape index (κ1) is 113. The Morgan fingerprint density at radius 3 is 1.28 bits per heavy atom. The summed E-state index contributed by atoms with van der Waals surface area (Å²) in [5, 5.41) is 9.68. The molecule has 2 aromatic carbocycles. The Morgan fingerprint density at radius 2 is 0.869 bits per heavy atom. The van der Waals surface area contributed by atoms with E-state index in [1.165, 1.54) is 96.1 Å². The van der Waals surface area contributed by atoms with Gasteiger partial charge in [0.2, 0.25) is 6.43 Å². The summed E-state index contributed by atoms with van der Waals surface area (Å²) < 4.78 is 159. The maximum Gasteiger partial charge on any atom is 0.430 e. The number of nitrogens with zero attached hydrogens (tertiary/aromatic N) is 14. The van der Waals surface area contributed by atoms with Crippen molar-refractivity contribution in [2.75, 3.05) is 81.8 Å². The van der Waals surface area contributed by atoms with E-state index in [1.54, 1.807) is 147 Å². The summed E-state index contributed by atoms with van der Waals surface area (Å²) in [6.45, 7) is 21.5. The lowest BCUT2D eigenvalue weighted by Gasteiger charge is -2.31. The van der Waals surface area contributed by atoms with Gasteiger partial charge in [0, 0.05) is 37.8 Å². The van der Waals surface area contributed by atoms with Gasteiger partial charge in [0.15, 0.2) is 32.1 Å². The van der Waals surface area contributed by atoms with E-state index in [2.05, 4.69) is 61.1 Å². The number of amides is 8. The minimum Gasteiger partial charge on any atom is -0.462 e. The van der Waals surface area contributed by atoms with Crippen molar-refractivity contribution in [1.82, 2.24) is 80.1 Å². The number of aromatic nitrogens is 10. The number of benzene rings is 2. The number of hydrogen-bond donors (Lipinski definition) is 5. The maximum absolute atomic E-state index is 12.9. The smallest absolute Gasteiger partial charge is 0.430 e. The molecule has 0 radical (unpaired) electrons. The second kappa shape index (κ2) is 52.9. The molecule has 0 aliphatic carbocycles. The third kappa shape index (κ3) is 38.2. The van der Waals surface area contributed by atoms with Gasteiger partial charge in [-0.05, 0) is 153 Å². The number of fused-ring (bicyclic) bond motifs is 3. The lowest BCUT2D eigenvalue weighted by atomic mass is 10.1. The fourth-order valence-corrected chi connectivity index (χ4v) is 10.9. The van der Waals surface area contributed by atoms with Crippen molar-refractivity contribution in [2.45, 2.75) is 192 Å². The number of hydrogen-bond acceptors (Lipinski definition) is 34. The Bertz CT molecular complexity index is 5010. The van der Waals surface area contributed by atoms with E-state index in [-0.39, 0.29) is 98.1 Å². The average Bonchev–Trinajstić information content (AvgIpc) is 1.62. The highest BCUT2D eigenvalue weighted by molar-refractivity contribution is 7.99. The van der Waals surface area contributed by atoms with Gasteiger partial charge in [-0.25, -0.2) is 148 Å². The molecule has 0 fully saturated rings. The molecular weight excluding hydrogens is 1850 g/mol. The Morgan fingerprint density at radius 1 is 0.485 bits per heavy atom. The molecule has 7 heterocycles. The number of nitrogens with one attached hydrogen (secondary N) is 4. The summed E-state index contributed by atoms with van der Waals surface area (Å²) in [5.41, 5.74) is 1.96. The number of alkyl halides is 10. The molecule has 2 aliphatic heterocycles. The number of aromatic amines is 1. The topological polar surface area (TPSA) is 472 Å². The van der Waals surface area contributed by atoms with Crippen LogP contribution < -0.4 is 27.6 Å². The van der Waals surface area contributed by atoms with Gasteiger partial charge >= 0.3 is 42.3 Å². The molecule has 716 valence electrons. The lowest BCUT2D eigenvalue weighted by Crippen LogP contribution is -2.52. The van der Waals surface area contributed by atoms with Crippen LogP contribution in [0, 0.1) is 0 Å². The maximum atomic E-state index is 12.9. The van der Waals surface area contributed by atoms with Crippen molar-refractivity contribution in [3.63, 3.8) is 0 Å². The summed E-state index contributed by atoms with van der Waals surface area (Å²) in [4.78, 5) is 174. The van der Waals surface area contributed by atoms with Crippen molar-refractivity contribution < 1.29 is 130 Å². The fourth-order valence-electron chi connectivity index (χ4n) is 9.31. The number of rotatable bonds is 26. The number of nitrogens with two attached hydrogens (primary N) is 1. The third-order valence-electron chi connectivity index (χ3n) is 14.4. The minimum absolute atomic E-state index is 0.0227. The summed E-state index contributed by atoms with van der Waals surface area (Å²) in [6, 6.07) is 12.2. The molecule has 130 heavy (non-hydrogen) atoms. The summed E-state index contributed by atoms with van der Waals surface area (Å²) in [5.74, 6) is 0.480. The molecule has 8 amide bonds. The van der Waals surface area contributed by atoms with Gasteiger partial charge in [-0.2, -0.15) is 10.0 Å². The van der Waals surface area contributed by atoms with Crippen molar-refractivity contribution in [3.05, 3.63) is 128 Å². The van der Waals surface area contributed by atoms with E-state index in [9.17, 15) is 101 Å². The fraction of sp³-hybridized carbons (Fsp3) is 0.481. The number of ether oxygens (including phenoxy) is 7. The molecule has 0 saturated carbocycles. The number of carbonyl (C=O) groups is 11. The summed E-state index contributed by atoms with van der Waals surface area (Å²) in [6.07, 6.45) is -5.39. The van der Waals surface area contributed by atoms with E-state index in [0.717, 1.165) is 4.68 Å². The number of anilines is 2. The predicted molar refractivity (Wildman–Crippen MR) is 457 cm³/mol. The SMILES string of the molecule is CC(C)(C)OC(=O)N(CC(F)F)N1C(=O)c2ccccc2C1=O.CC(C)(C)OC(=O)N(N)CC(F)F.CC(C)(C)OC(=O)NN1C(=O)c2ccccc2C1=O.CCOC(=O)c1cnc(SC)nc1Cl.CCOC(=O)c1cnc(SC)nc1NCCC(F)F.CCOC(=O)c1cnc(SC)nc1NN(CC(F)F)C(=O)OC(C)(C)C.CSc1ncc2c(=O)n(CC(F)F)[nH]c2n1. The zero-order valence-electron chi connectivity index (χ0n) is 73.6. The van der Waals surface area contributed by atoms with E-state index in [1.807, 2.05) is 6.26 Å². The normalized spacial score (nSPS) is 12.1. The standard InChI is InChI=1S/C15H22F2N4O4S.C15H16F2N2O4.C13H14N2O4.C11H15F2N3O2S.C8H9ClN2O2S.C8H8F2N4OS.C7H14F2N2O2/c1-6-24-12(22)9-7-18-13(26-5)19-11(9)20-21(8-10(16)17)14(23)25-15(2,3)4;1-15(2,3)23-14(22)18(8-11(16)17)19-12(20)9-6-4-5-7-10(9)13(19)21;1-13(2,3)19-12(18)14-15-10(16)8-6-4-5-7-9(8)11(15)17;1-3-18-10(17)7-6-15-11(19-2)16-9(7)14-5-4-8(12)13;1-3-13-7(12)5-4-10-8(14-2)11-6(5)9;1-16-8-11-2-4-6(12-8)13-14(7(4)15)3-5(9)10;1-7(2,3)13-6(12)11(10)4-5(8)9/h7,10H,6,8H2,1-5H3,(H,18,19,20);4-7,11H,8H2,1-3H3;4-7H,1-3H3,(H,14,18);6,8H,3-5H2,1-2H3,(H,14,15,16);4H,3H2,1-2H3;2,5H,3H2,1H3,(H,11,12,13);5H,4,10H2,1-3H3. The molecule has 6 N–H and O–H groups in total. The largest absolute Gasteiger partial charge is 0.462 e. The molecule has 2 aliphatic rings. The second-order valence-corrected chi connectivity index (χ2v) is 32.7. The van der Waals surface area contributed by atoms with E-state index >= 15 is 0 Å². The molecule has 0 unspecified atom stereocenters. The van der Waals surface area contributed by atoms with Crippen molar-refractivity contribution in [3.8, 4) is 0 Å². The second-order valence-electron chi connectivity index (χ2n) is 29.2. The van der Waals surface area contributed by atoms with Crippen molar-refractivity contribution >= 4 is 147 Å². The van der Waals surface area contributed by atoms with Crippen LogP contribution in [-0.4, -0.2) is 266 Å². The molecule has 0 spiro atoms. The van der Waals surface area contributed by atoms with Gasteiger partial charge in [-0.15, -0.1) is 0 Å². The first-order chi connectivity index (χ1) is 60.6. The van der Waals surface area contributed by atoms with Crippen LogP contribution in [0.4, 0.5) is 74.7 Å². The zero-order valence-corrected chi connectivity index (χ0v) is 77.6. The van der Waals surface area contributed by atoms with Crippen LogP contribution in [0.15, 0.2) is 98.7 Å². The van der Waals surface area contributed by atoms with Crippen LogP contribution in [0.3, 0.4) is 0 Å². The quantitative estimate of drug-likeness (QED) is 0.00321. The number of thioether (sulfide) groups is 4. The molecule has 0 atom stereocenters. The van der Waals surface area contributed by atoms with Crippen LogP contribution in [0.1, 0.15) is 183 Å². The van der Waals surface area contributed by atoms with Crippen LogP contribution >= 0.6 is 58.6 Å². The summed E-state index contributed by atoms with van der Waals surface area (Å²) in [7, 11) is 0. The molecule has 38 nitrogen and oxygen atoms in total. The Balaban J connectivity index is 0.000000395. The van der Waals surface area contributed by atoms with Crippen LogP contribution in [0.5, 0.6) is 0 Å². The minimum atomic E-state index is -2.94. The number of halogens is 11. The van der Waals surface area contributed by atoms with E-state index < -0.39 is 152 Å². The number of H-pyrrole nitrogens is 1. The van der Waals surface area contributed by atoms with Crippen LogP contribution in [0.25, 0.3) is 11.0 Å². The predicted octanol–water partition coefficient (Wildman–Crippen LogP) is 14.6. The zero-order chi connectivity index (χ0) is 98.6. The molecular formula is C77H98ClF10N19O19S4. The Hall–Kier alpha value is -11.7. The van der Waals surface area contributed by atoms with Gasteiger partial charge in [-0.1, -0.05) is 82.9 Å². The molecule has 53 heteroatoms. The Labute approximate surface area is 760 Å². The highest BCUT2D eigenvalue weighted by atomic mass is 35.5. The summed E-state index contributed by atoms with van der Waals surface area (Å²) >= 11 is 10.9. The highest BCUT2D eigenvalue weighted by Gasteiger charge is 2.44. The first-order valence-electron chi connectivity index (χ1n) is 38.1. The molecule has 0 saturated heterocycles. The number of carbonyl (C=O) groups excluding carboxylic acids is 11. The van der Waals surface area contributed by atoms with Gasteiger partial charge < -0.3 is 38.5 Å². The molecule has 0 bridgehead atoms. The van der Waals surface area contributed by atoms with Gasteiger partial charge in [0.25, 0.3) is 54.9 Å². The van der Waals surface area contributed by atoms with Crippen molar-refractivity contribution in [2.24, 2.45) is 5.84 Å². The van der Waals surface area contributed by atoms with Gasteiger partial charge in [0.1, 0.15) is 81.6 Å². The number of hydrazine groups is 4. The molecule has 9 rings (SSSR count).